The first-order chi connectivity index (χ1) is 7.54. The van der Waals surface area contributed by atoms with E-state index in [4.69, 9.17) is 9.47 Å². The first-order valence-electron chi connectivity index (χ1n) is 5.75. The highest BCUT2D eigenvalue weighted by atomic mass is 16.5. The molecule has 0 fully saturated rings. The number of hydrogen-bond acceptors (Lipinski definition) is 2. The molecule has 16 heavy (non-hydrogen) atoms. The lowest BCUT2D eigenvalue weighted by Gasteiger charge is -2.19. The lowest BCUT2D eigenvalue weighted by Crippen LogP contribution is -2.05. The summed E-state index contributed by atoms with van der Waals surface area (Å²) < 4.78 is 11.0. The number of ether oxygens (including phenoxy) is 2. The van der Waals surface area contributed by atoms with E-state index < -0.39 is 0 Å². The van der Waals surface area contributed by atoms with Crippen molar-refractivity contribution < 1.29 is 9.47 Å². The van der Waals surface area contributed by atoms with E-state index in [-0.39, 0.29) is 0 Å². The van der Waals surface area contributed by atoms with E-state index in [1.165, 1.54) is 27.8 Å². The van der Waals surface area contributed by atoms with Gasteiger partial charge in [-0.05, 0) is 62.4 Å². The van der Waals surface area contributed by atoms with Crippen molar-refractivity contribution in [2.75, 3.05) is 13.7 Å². The van der Waals surface area contributed by atoms with Gasteiger partial charge in [0.15, 0.2) is 0 Å². The average molecular weight is 222 g/mol. The molecule has 2 heteroatoms. The predicted octanol–water partition coefficient (Wildman–Crippen LogP) is 3.47. The van der Waals surface area contributed by atoms with Crippen LogP contribution in [0.3, 0.4) is 0 Å². The molecule has 1 rings (SSSR count). The maximum Gasteiger partial charge on any atom is 0.125 e. The van der Waals surface area contributed by atoms with Gasteiger partial charge in [-0.15, -0.1) is 0 Å². The number of hydrogen-bond donors (Lipinski definition) is 0. The van der Waals surface area contributed by atoms with E-state index in [1.807, 2.05) is 6.92 Å². The Hall–Kier alpha value is -1.02. The van der Waals surface area contributed by atoms with E-state index in [2.05, 4.69) is 27.7 Å². The lowest BCUT2D eigenvalue weighted by molar-refractivity contribution is 0.183. The number of rotatable bonds is 4. The van der Waals surface area contributed by atoms with Gasteiger partial charge in [-0.25, -0.2) is 0 Å². The summed E-state index contributed by atoms with van der Waals surface area (Å²) in [5, 5.41) is 0. The Bertz CT molecular complexity index is 315. The van der Waals surface area contributed by atoms with Gasteiger partial charge < -0.3 is 9.47 Å². The summed E-state index contributed by atoms with van der Waals surface area (Å²) in [4.78, 5) is 0. The zero-order valence-corrected chi connectivity index (χ0v) is 11.2. The molecule has 0 heterocycles. The van der Waals surface area contributed by atoms with Crippen LogP contribution in [-0.4, -0.2) is 13.7 Å². The van der Waals surface area contributed by atoms with Crippen LogP contribution in [0, 0.1) is 27.7 Å². The molecular weight excluding hydrogens is 200 g/mol. The van der Waals surface area contributed by atoms with E-state index in [9.17, 15) is 0 Å². The van der Waals surface area contributed by atoms with Crippen molar-refractivity contribution in [3.8, 4) is 5.75 Å². The molecule has 90 valence electrons. The molecule has 2 nitrogen and oxygen atoms in total. The van der Waals surface area contributed by atoms with E-state index >= 15 is 0 Å². The molecule has 0 aliphatic heterocycles. The van der Waals surface area contributed by atoms with E-state index in [1.54, 1.807) is 7.11 Å². The molecule has 0 unspecified atom stereocenters. The summed E-state index contributed by atoms with van der Waals surface area (Å²) in [7, 11) is 1.74. The number of methoxy groups -OCH3 is 1. The Morgan fingerprint density at radius 3 is 1.75 bits per heavy atom. The first-order valence-corrected chi connectivity index (χ1v) is 5.75. The average Bonchev–Trinajstić information content (AvgIpc) is 2.28. The van der Waals surface area contributed by atoms with Gasteiger partial charge in [0, 0.05) is 7.11 Å². The van der Waals surface area contributed by atoms with Crippen molar-refractivity contribution in [2.24, 2.45) is 0 Å². The fourth-order valence-corrected chi connectivity index (χ4v) is 2.08. The second kappa shape index (κ2) is 5.35. The zero-order chi connectivity index (χ0) is 12.3. The zero-order valence-electron chi connectivity index (χ0n) is 11.2. The highest BCUT2D eigenvalue weighted by Crippen LogP contribution is 2.32. The molecule has 0 saturated carbocycles. The van der Waals surface area contributed by atoms with Crippen LogP contribution in [0.4, 0.5) is 0 Å². The maximum atomic E-state index is 5.72. The molecule has 1 aromatic rings. The first kappa shape index (κ1) is 13.0. The normalized spacial score (nSPS) is 10.6. The molecule has 0 atom stereocenters. The van der Waals surface area contributed by atoms with E-state index in [0.717, 1.165) is 5.75 Å². The molecule has 0 saturated heterocycles. The van der Waals surface area contributed by atoms with Gasteiger partial charge in [-0.1, -0.05) is 0 Å². The fourth-order valence-electron chi connectivity index (χ4n) is 2.08. The lowest BCUT2D eigenvalue weighted by atomic mass is 9.93. The molecule has 0 aromatic heterocycles. The molecular formula is C14H22O2. The van der Waals surface area contributed by atoms with Crippen LogP contribution in [0.25, 0.3) is 0 Å². The Morgan fingerprint density at radius 2 is 1.38 bits per heavy atom. The third-order valence-corrected chi connectivity index (χ3v) is 3.29. The second-order valence-corrected chi connectivity index (χ2v) is 4.17. The summed E-state index contributed by atoms with van der Waals surface area (Å²) in [6, 6.07) is 0. The highest BCUT2D eigenvalue weighted by Gasteiger charge is 2.15. The smallest absolute Gasteiger partial charge is 0.125 e. The largest absolute Gasteiger partial charge is 0.493 e. The van der Waals surface area contributed by atoms with Gasteiger partial charge in [0.1, 0.15) is 5.75 Å². The van der Waals surface area contributed by atoms with Crippen molar-refractivity contribution in [1.29, 1.82) is 0 Å². The van der Waals surface area contributed by atoms with E-state index in [0.29, 0.717) is 13.2 Å². The molecule has 0 bridgehead atoms. The van der Waals surface area contributed by atoms with Crippen molar-refractivity contribution in [3.05, 3.63) is 27.8 Å². The van der Waals surface area contributed by atoms with Crippen LogP contribution < -0.4 is 4.74 Å². The summed E-state index contributed by atoms with van der Waals surface area (Å²) in [5.41, 5.74) is 6.33. The summed E-state index contributed by atoms with van der Waals surface area (Å²) >= 11 is 0. The topological polar surface area (TPSA) is 18.5 Å². The van der Waals surface area contributed by atoms with Gasteiger partial charge in [-0.3, -0.25) is 0 Å². The minimum atomic E-state index is 0.672. The highest BCUT2D eigenvalue weighted by molar-refractivity contribution is 5.53. The van der Waals surface area contributed by atoms with Crippen molar-refractivity contribution >= 4 is 0 Å². The number of benzene rings is 1. The Labute approximate surface area is 98.6 Å². The second-order valence-electron chi connectivity index (χ2n) is 4.17. The Kier molecular flexibility index (Phi) is 4.36. The predicted molar refractivity (Wildman–Crippen MR) is 67.3 cm³/mol. The Morgan fingerprint density at radius 1 is 0.875 bits per heavy atom. The monoisotopic (exact) mass is 222 g/mol. The minimum absolute atomic E-state index is 0.672. The van der Waals surface area contributed by atoms with Gasteiger partial charge in [0.2, 0.25) is 0 Å². The standard InChI is InChI=1S/C14H22O2/c1-7-16-14-11(4)9(2)13(8-15-6)10(3)12(14)5/h7-8H2,1-6H3. The summed E-state index contributed by atoms with van der Waals surface area (Å²) in [6.07, 6.45) is 0. The molecule has 0 N–H and O–H groups in total. The third-order valence-electron chi connectivity index (χ3n) is 3.29. The van der Waals surface area contributed by atoms with Crippen LogP contribution in [-0.2, 0) is 11.3 Å². The molecule has 0 spiro atoms. The molecule has 0 aliphatic carbocycles. The van der Waals surface area contributed by atoms with Gasteiger partial charge in [0.05, 0.1) is 13.2 Å². The Balaban J connectivity index is 3.37. The van der Waals surface area contributed by atoms with Gasteiger partial charge in [0.25, 0.3) is 0 Å². The summed E-state index contributed by atoms with van der Waals surface area (Å²) in [6.45, 7) is 11.9. The van der Waals surface area contributed by atoms with Gasteiger partial charge >= 0.3 is 0 Å². The molecule has 0 amide bonds. The van der Waals surface area contributed by atoms with Crippen LogP contribution in [0.5, 0.6) is 5.75 Å². The van der Waals surface area contributed by atoms with Crippen LogP contribution in [0.1, 0.15) is 34.7 Å². The third kappa shape index (κ3) is 2.22. The maximum absolute atomic E-state index is 5.72. The fraction of sp³-hybridized carbons (Fsp3) is 0.571. The van der Waals surface area contributed by atoms with Crippen molar-refractivity contribution in [3.63, 3.8) is 0 Å². The summed E-state index contributed by atoms with van der Waals surface area (Å²) in [5.74, 6) is 1.04. The van der Waals surface area contributed by atoms with Crippen LogP contribution in [0.15, 0.2) is 0 Å². The van der Waals surface area contributed by atoms with Crippen molar-refractivity contribution in [1.82, 2.24) is 0 Å². The quantitative estimate of drug-likeness (QED) is 0.776. The molecule has 0 radical (unpaired) electrons. The van der Waals surface area contributed by atoms with Crippen molar-refractivity contribution in [2.45, 2.75) is 41.2 Å². The minimum Gasteiger partial charge on any atom is -0.493 e. The SMILES string of the molecule is CCOc1c(C)c(C)c(COC)c(C)c1C. The van der Waals surface area contributed by atoms with Gasteiger partial charge in [-0.2, -0.15) is 0 Å². The van der Waals surface area contributed by atoms with Crippen LogP contribution >= 0.6 is 0 Å². The molecule has 0 aliphatic rings. The molecule has 1 aromatic carbocycles. The van der Waals surface area contributed by atoms with Crippen LogP contribution in [0.2, 0.25) is 0 Å².